The summed E-state index contributed by atoms with van der Waals surface area (Å²) in [7, 11) is 0. The highest BCUT2D eigenvalue weighted by Crippen LogP contribution is 2.14. The molecule has 0 heterocycles. The van der Waals surface area contributed by atoms with Gasteiger partial charge in [0.15, 0.2) is 0 Å². The highest BCUT2D eigenvalue weighted by Gasteiger charge is 1.94. The quantitative estimate of drug-likeness (QED) is 0.193. The lowest BCUT2D eigenvalue weighted by atomic mass is 10.0. The third-order valence-corrected chi connectivity index (χ3v) is 4.72. The van der Waals surface area contributed by atoms with Crippen molar-refractivity contribution in [1.29, 1.82) is 0 Å². The highest BCUT2D eigenvalue weighted by atomic mass is 16.7. The molecule has 0 aliphatic rings. The van der Waals surface area contributed by atoms with Gasteiger partial charge >= 0.3 is 6.16 Å². The van der Waals surface area contributed by atoms with Gasteiger partial charge in [-0.3, -0.25) is 0 Å². The van der Waals surface area contributed by atoms with E-state index in [4.69, 9.17) is 5.11 Å². The van der Waals surface area contributed by atoms with E-state index in [1.165, 1.54) is 116 Å². The molecule has 0 saturated heterocycles. The van der Waals surface area contributed by atoms with E-state index in [9.17, 15) is 4.79 Å². The zero-order chi connectivity index (χ0) is 19.7. The lowest BCUT2D eigenvalue weighted by Gasteiger charge is -2.03. The van der Waals surface area contributed by atoms with Crippen LogP contribution in [0.2, 0.25) is 0 Å². The van der Waals surface area contributed by atoms with Crippen molar-refractivity contribution in [2.75, 3.05) is 6.61 Å². The molecule has 0 saturated carbocycles. The fourth-order valence-electron chi connectivity index (χ4n) is 3.10. The van der Waals surface area contributed by atoms with Crippen molar-refractivity contribution in [2.24, 2.45) is 0 Å². The molecule has 1 N–H and O–H groups in total. The predicted molar refractivity (Wildman–Crippen MR) is 114 cm³/mol. The first-order chi connectivity index (χ1) is 12.7. The molecule has 0 spiro atoms. The van der Waals surface area contributed by atoms with Crippen LogP contribution in [0.5, 0.6) is 0 Å². The maximum atomic E-state index is 9.38. The van der Waals surface area contributed by atoms with Crippen molar-refractivity contribution < 1.29 is 14.6 Å². The van der Waals surface area contributed by atoms with E-state index in [-0.39, 0.29) is 6.61 Å². The summed E-state index contributed by atoms with van der Waals surface area (Å²) in [4.78, 5) is 9.38. The minimum absolute atomic E-state index is 0.231. The molecular weight excluding hydrogens is 324 g/mol. The van der Waals surface area contributed by atoms with Gasteiger partial charge in [-0.25, -0.2) is 4.79 Å². The molecule has 0 bridgehead atoms. The normalized spacial score (nSPS) is 10.3. The predicted octanol–water partition coefficient (Wildman–Crippen LogP) is 8.75. The molecule has 0 aromatic carbocycles. The van der Waals surface area contributed by atoms with Gasteiger partial charge in [0.1, 0.15) is 0 Å². The van der Waals surface area contributed by atoms with Crippen LogP contribution in [-0.2, 0) is 4.74 Å². The van der Waals surface area contributed by atoms with Crippen molar-refractivity contribution in [3.05, 3.63) is 0 Å². The zero-order valence-electron chi connectivity index (χ0n) is 18.2. The van der Waals surface area contributed by atoms with Crippen LogP contribution in [0.3, 0.4) is 0 Å². The smallest absolute Gasteiger partial charge is 0.450 e. The molecule has 0 atom stereocenters. The van der Waals surface area contributed by atoms with E-state index in [0.717, 1.165) is 0 Å². The molecule has 0 rings (SSSR count). The zero-order valence-corrected chi connectivity index (χ0v) is 18.2. The van der Waals surface area contributed by atoms with Gasteiger partial charge in [-0.2, -0.15) is 0 Å². The first-order valence-corrected chi connectivity index (χ1v) is 11.5. The first-order valence-electron chi connectivity index (χ1n) is 11.5. The molecular formula is C23H48O3. The number of hydrogen-bond donors (Lipinski definition) is 1. The second-order valence-electron chi connectivity index (χ2n) is 7.36. The van der Waals surface area contributed by atoms with Gasteiger partial charge in [0.25, 0.3) is 0 Å². The average molecular weight is 373 g/mol. The summed E-state index contributed by atoms with van der Waals surface area (Å²) in [5, 5.41) is 7.69. The van der Waals surface area contributed by atoms with E-state index in [1.807, 2.05) is 0 Å². The molecule has 0 amide bonds. The lowest BCUT2D eigenvalue weighted by Crippen LogP contribution is -1.97. The van der Waals surface area contributed by atoms with Gasteiger partial charge in [-0.15, -0.1) is 0 Å². The molecule has 0 aliphatic carbocycles. The Morgan fingerprint density at radius 3 is 0.885 bits per heavy atom. The number of unbranched alkanes of at least 4 members (excludes halogenated alkanes) is 17. The largest absolute Gasteiger partial charge is 0.505 e. The molecule has 26 heavy (non-hydrogen) atoms. The topological polar surface area (TPSA) is 46.5 Å². The Labute approximate surface area is 164 Å². The average Bonchev–Trinajstić information content (AvgIpc) is 2.62. The maximum Gasteiger partial charge on any atom is 0.505 e. The summed E-state index contributed by atoms with van der Waals surface area (Å²) in [6.07, 6.45) is 25.2. The summed E-state index contributed by atoms with van der Waals surface area (Å²) in [6, 6.07) is 0. The lowest BCUT2D eigenvalue weighted by molar-refractivity contribution is 0.0966. The molecule has 3 heteroatoms. The van der Waals surface area contributed by atoms with Gasteiger partial charge < -0.3 is 9.84 Å². The van der Waals surface area contributed by atoms with Crippen LogP contribution in [-0.4, -0.2) is 17.9 Å². The number of ether oxygens (including phenoxy) is 1. The summed E-state index contributed by atoms with van der Waals surface area (Å²) in [5.41, 5.74) is 0. The van der Waals surface area contributed by atoms with E-state index < -0.39 is 6.16 Å². The Bertz CT molecular complexity index is 236. The van der Waals surface area contributed by atoms with Gasteiger partial charge in [-0.05, 0) is 6.92 Å². The number of carboxylic acid groups (broad SMARTS) is 1. The minimum Gasteiger partial charge on any atom is -0.450 e. The van der Waals surface area contributed by atoms with Gasteiger partial charge in [0.05, 0.1) is 6.61 Å². The summed E-state index contributed by atoms with van der Waals surface area (Å²) < 4.78 is 3.96. The molecule has 0 fully saturated rings. The van der Waals surface area contributed by atoms with Crippen LogP contribution >= 0.6 is 0 Å². The van der Waals surface area contributed by atoms with Crippen molar-refractivity contribution in [3.8, 4) is 0 Å². The van der Waals surface area contributed by atoms with Crippen molar-refractivity contribution in [3.63, 3.8) is 0 Å². The number of rotatable bonds is 18. The van der Waals surface area contributed by atoms with Crippen molar-refractivity contribution >= 4 is 6.16 Å². The van der Waals surface area contributed by atoms with E-state index >= 15 is 0 Å². The van der Waals surface area contributed by atoms with E-state index in [0.29, 0.717) is 0 Å². The second kappa shape index (κ2) is 26.5. The summed E-state index contributed by atoms with van der Waals surface area (Å²) in [6.45, 7) is 6.44. The van der Waals surface area contributed by atoms with Crippen molar-refractivity contribution in [1.82, 2.24) is 0 Å². The monoisotopic (exact) mass is 372 g/mol. The van der Waals surface area contributed by atoms with Crippen LogP contribution < -0.4 is 0 Å². The first kappa shape index (κ1) is 27.5. The molecule has 0 aromatic rings. The Kier molecular flexibility index (Phi) is 28.0. The fourth-order valence-corrected chi connectivity index (χ4v) is 3.10. The van der Waals surface area contributed by atoms with Gasteiger partial charge in [-0.1, -0.05) is 129 Å². The fraction of sp³-hybridized carbons (Fsp3) is 0.957. The van der Waals surface area contributed by atoms with Crippen LogP contribution in [0.1, 0.15) is 136 Å². The Morgan fingerprint density at radius 1 is 0.538 bits per heavy atom. The van der Waals surface area contributed by atoms with E-state index in [1.54, 1.807) is 6.92 Å². The summed E-state index contributed by atoms with van der Waals surface area (Å²) >= 11 is 0. The molecule has 0 aromatic heterocycles. The van der Waals surface area contributed by atoms with Crippen molar-refractivity contribution in [2.45, 2.75) is 136 Å². The van der Waals surface area contributed by atoms with Crippen LogP contribution in [0.25, 0.3) is 0 Å². The van der Waals surface area contributed by atoms with Gasteiger partial charge in [0.2, 0.25) is 0 Å². The van der Waals surface area contributed by atoms with Gasteiger partial charge in [0, 0.05) is 0 Å². The Morgan fingerprint density at radius 2 is 0.769 bits per heavy atom. The highest BCUT2D eigenvalue weighted by molar-refractivity contribution is 5.56. The van der Waals surface area contributed by atoms with Crippen LogP contribution in [0, 0.1) is 0 Å². The second-order valence-corrected chi connectivity index (χ2v) is 7.36. The SMILES string of the molecule is CCCCCCCCCCCCCCCCCCCC.CCOC(=O)O. The maximum absolute atomic E-state index is 9.38. The van der Waals surface area contributed by atoms with E-state index in [2.05, 4.69) is 18.6 Å². The molecule has 158 valence electrons. The Balaban J connectivity index is 0. The molecule has 3 nitrogen and oxygen atoms in total. The molecule has 0 radical (unpaired) electrons. The number of carbonyl (C=O) groups is 1. The van der Waals surface area contributed by atoms with Crippen LogP contribution in [0.4, 0.5) is 4.79 Å². The standard InChI is InChI=1S/C20H42.C3H6O3/c1-3-5-7-9-11-13-15-17-19-20-18-16-14-12-10-8-6-4-2;1-2-6-3(4)5/h3-20H2,1-2H3;2H2,1H3,(H,4,5). The Hall–Kier alpha value is -0.730. The summed E-state index contributed by atoms with van der Waals surface area (Å²) in [5.74, 6) is 0. The minimum atomic E-state index is -1.21. The molecule has 0 unspecified atom stereocenters. The molecule has 0 aliphatic heterocycles. The van der Waals surface area contributed by atoms with Crippen LogP contribution in [0.15, 0.2) is 0 Å². The number of hydrogen-bond acceptors (Lipinski definition) is 2. The third kappa shape index (κ3) is 31.1. The third-order valence-electron chi connectivity index (χ3n) is 4.72.